The van der Waals surface area contributed by atoms with Gasteiger partial charge in [0.25, 0.3) is 0 Å². The fourth-order valence-corrected chi connectivity index (χ4v) is 2.02. The van der Waals surface area contributed by atoms with Gasteiger partial charge in [0, 0.05) is 0 Å². The van der Waals surface area contributed by atoms with Gasteiger partial charge in [-0.3, -0.25) is 0 Å². The molecule has 3 heteroatoms. The first kappa shape index (κ1) is 8.88. The standard InChI is InChI=1S/C5H9AsCl2/c1-5(2)3-4-6(7)8/h3H,4H2,1-2H3. The first-order valence-electron chi connectivity index (χ1n) is 2.35. The van der Waals surface area contributed by atoms with E-state index in [0.717, 1.165) is 5.21 Å². The molecule has 0 unspecified atom stereocenters. The van der Waals surface area contributed by atoms with Crippen molar-refractivity contribution in [1.29, 1.82) is 0 Å². The van der Waals surface area contributed by atoms with Gasteiger partial charge in [-0.1, -0.05) is 0 Å². The molecule has 0 aliphatic rings. The van der Waals surface area contributed by atoms with E-state index in [4.69, 9.17) is 19.9 Å². The Kier molecular flexibility index (Phi) is 5.25. The van der Waals surface area contributed by atoms with E-state index in [-0.39, 0.29) is 0 Å². The molecule has 0 aromatic rings. The summed E-state index contributed by atoms with van der Waals surface area (Å²) in [6.07, 6.45) is 2.08. The molecule has 0 saturated heterocycles. The van der Waals surface area contributed by atoms with Crippen molar-refractivity contribution in [3.8, 4) is 0 Å². The van der Waals surface area contributed by atoms with Gasteiger partial charge in [-0.25, -0.2) is 0 Å². The van der Waals surface area contributed by atoms with Crippen molar-refractivity contribution in [2.75, 3.05) is 0 Å². The molecule has 0 fully saturated rings. The SMILES string of the molecule is CC(C)=CC[As](Cl)Cl. The van der Waals surface area contributed by atoms with Crippen LogP contribution in [-0.4, -0.2) is 12.8 Å². The van der Waals surface area contributed by atoms with Crippen LogP contribution in [0.4, 0.5) is 0 Å². The number of hydrogen-bond acceptors (Lipinski definition) is 0. The third-order valence-corrected chi connectivity index (χ3v) is 3.03. The molecule has 0 aromatic carbocycles. The van der Waals surface area contributed by atoms with E-state index >= 15 is 0 Å². The molecule has 0 N–H and O–H groups in total. The predicted octanol–water partition coefficient (Wildman–Crippen LogP) is 2.92. The van der Waals surface area contributed by atoms with E-state index in [0.29, 0.717) is 0 Å². The van der Waals surface area contributed by atoms with Gasteiger partial charge >= 0.3 is 63.4 Å². The number of allylic oxidation sites excluding steroid dienone is 2. The minimum absolute atomic E-state index is 0.901. The van der Waals surface area contributed by atoms with Crippen LogP contribution >= 0.6 is 19.9 Å². The molecule has 0 heterocycles. The fourth-order valence-electron chi connectivity index (χ4n) is 0.252. The van der Waals surface area contributed by atoms with Crippen molar-refractivity contribution in [1.82, 2.24) is 0 Å². The molecule has 0 aliphatic heterocycles. The quantitative estimate of drug-likeness (QED) is 0.490. The van der Waals surface area contributed by atoms with E-state index in [9.17, 15) is 0 Å². The Labute approximate surface area is 63.4 Å². The van der Waals surface area contributed by atoms with Gasteiger partial charge < -0.3 is 0 Å². The molecule has 0 aromatic heterocycles. The van der Waals surface area contributed by atoms with E-state index in [1.54, 1.807) is 0 Å². The summed E-state index contributed by atoms with van der Waals surface area (Å²) < 4.78 is 0. The van der Waals surface area contributed by atoms with E-state index in [1.807, 2.05) is 13.8 Å². The number of halogens is 2. The van der Waals surface area contributed by atoms with Crippen molar-refractivity contribution >= 4 is 32.7 Å². The number of rotatable bonds is 2. The molecule has 0 rings (SSSR count). The molecule has 0 saturated carbocycles. The summed E-state index contributed by atoms with van der Waals surface area (Å²) >= 11 is -1.41. The van der Waals surface area contributed by atoms with Crippen LogP contribution in [0.3, 0.4) is 0 Å². The average Bonchev–Trinajstić information content (AvgIpc) is 1.61. The Morgan fingerprint density at radius 3 is 2.12 bits per heavy atom. The van der Waals surface area contributed by atoms with Crippen LogP contribution < -0.4 is 0 Å². The zero-order chi connectivity index (χ0) is 6.57. The Morgan fingerprint density at radius 2 is 2.00 bits per heavy atom. The molecular weight excluding hydrogens is 206 g/mol. The van der Waals surface area contributed by atoms with Crippen LogP contribution in [0.5, 0.6) is 0 Å². The summed E-state index contributed by atoms with van der Waals surface area (Å²) in [5, 5.41) is 0.901. The molecule has 0 radical (unpaired) electrons. The Hall–Kier alpha value is 0.878. The van der Waals surface area contributed by atoms with Gasteiger partial charge in [-0.15, -0.1) is 0 Å². The van der Waals surface area contributed by atoms with Crippen LogP contribution in [-0.2, 0) is 0 Å². The van der Waals surface area contributed by atoms with Crippen molar-refractivity contribution in [2.45, 2.75) is 19.1 Å². The van der Waals surface area contributed by atoms with Crippen molar-refractivity contribution in [2.24, 2.45) is 0 Å². The third-order valence-electron chi connectivity index (χ3n) is 0.638. The average molecular weight is 215 g/mol. The molecule has 0 nitrogen and oxygen atoms in total. The second-order valence-electron chi connectivity index (χ2n) is 1.77. The van der Waals surface area contributed by atoms with Crippen molar-refractivity contribution < 1.29 is 0 Å². The Balaban J connectivity index is 3.29. The van der Waals surface area contributed by atoms with E-state index < -0.39 is 12.8 Å². The fraction of sp³-hybridized carbons (Fsp3) is 0.600. The molecule has 8 heavy (non-hydrogen) atoms. The summed E-state index contributed by atoms with van der Waals surface area (Å²) in [5.74, 6) is 0. The molecular formula is C5H9AsCl2. The van der Waals surface area contributed by atoms with E-state index in [1.165, 1.54) is 5.57 Å². The summed E-state index contributed by atoms with van der Waals surface area (Å²) in [6, 6.07) is 0. The number of hydrogen-bond donors (Lipinski definition) is 0. The molecule has 0 bridgehead atoms. The first-order chi connectivity index (χ1) is 3.63. The molecule has 0 atom stereocenters. The van der Waals surface area contributed by atoms with Gasteiger partial charge in [0.15, 0.2) is 0 Å². The second-order valence-corrected chi connectivity index (χ2v) is 8.94. The zero-order valence-electron chi connectivity index (χ0n) is 4.99. The Morgan fingerprint density at radius 1 is 1.50 bits per heavy atom. The maximum absolute atomic E-state index is 5.59. The summed E-state index contributed by atoms with van der Waals surface area (Å²) in [7, 11) is 11.2. The third kappa shape index (κ3) is 6.88. The van der Waals surface area contributed by atoms with Crippen LogP contribution in [0.15, 0.2) is 11.6 Å². The van der Waals surface area contributed by atoms with Crippen LogP contribution in [0.25, 0.3) is 0 Å². The molecule has 0 spiro atoms. The van der Waals surface area contributed by atoms with E-state index in [2.05, 4.69) is 6.08 Å². The summed E-state index contributed by atoms with van der Waals surface area (Å²) in [5.41, 5.74) is 1.30. The van der Waals surface area contributed by atoms with Crippen LogP contribution in [0.1, 0.15) is 13.8 Å². The molecule has 0 aliphatic carbocycles. The minimum atomic E-state index is -1.41. The van der Waals surface area contributed by atoms with Crippen LogP contribution in [0.2, 0.25) is 5.21 Å². The van der Waals surface area contributed by atoms with Crippen molar-refractivity contribution in [3.05, 3.63) is 11.6 Å². The van der Waals surface area contributed by atoms with Crippen molar-refractivity contribution in [3.63, 3.8) is 0 Å². The normalized spacial score (nSPS) is 9.62. The van der Waals surface area contributed by atoms with Gasteiger partial charge in [-0.2, -0.15) is 0 Å². The van der Waals surface area contributed by atoms with Gasteiger partial charge in [-0.05, 0) is 0 Å². The maximum atomic E-state index is 5.59. The van der Waals surface area contributed by atoms with Gasteiger partial charge in [0.2, 0.25) is 0 Å². The van der Waals surface area contributed by atoms with Gasteiger partial charge in [0.05, 0.1) is 0 Å². The predicted molar refractivity (Wildman–Crippen MR) is 41.7 cm³/mol. The monoisotopic (exact) mass is 214 g/mol. The topological polar surface area (TPSA) is 0 Å². The molecule has 48 valence electrons. The molecule has 0 amide bonds. The van der Waals surface area contributed by atoms with Crippen LogP contribution in [0, 0.1) is 0 Å². The first-order valence-corrected chi connectivity index (χ1v) is 8.61. The summed E-state index contributed by atoms with van der Waals surface area (Å²) in [6.45, 7) is 4.09. The summed E-state index contributed by atoms with van der Waals surface area (Å²) in [4.78, 5) is 0. The Bertz CT molecular complexity index is 84.4. The second kappa shape index (κ2) is 4.73. The van der Waals surface area contributed by atoms with Gasteiger partial charge in [0.1, 0.15) is 0 Å². The zero-order valence-corrected chi connectivity index (χ0v) is 8.38.